The van der Waals surface area contributed by atoms with Crippen LogP contribution in [0.1, 0.15) is 21.5 Å². The second-order valence-electron chi connectivity index (χ2n) is 4.70. The zero-order valence-corrected chi connectivity index (χ0v) is 12.1. The number of anilines is 1. The SMILES string of the molecule is CNc1nccc(C(=O)NCCc2ccccc2C)c1F. The molecule has 21 heavy (non-hydrogen) atoms. The van der Waals surface area contributed by atoms with E-state index in [1.54, 1.807) is 7.05 Å². The second-order valence-corrected chi connectivity index (χ2v) is 4.70. The molecule has 0 aliphatic carbocycles. The highest BCUT2D eigenvalue weighted by atomic mass is 19.1. The van der Waals surface area contributed by atoms with Crippen molar-refractivity contribution >= 4 is 11.7 Å². The van der Waals surface area contributed by atoms with Gasteiger partial charge in [-0.15, -0.1) is 0 Å². The summed E-state index contributed by atoms with van der Waals surface area (Å²) in [5.74, 6) is -0.991. The molecule has 0 radical (unpaired) electrons. The number of nitrogens with one attached hydrogen (secondary N) is 2. The van der Waals surface area contributed by atoms with Gasteiger partial charge in [0.25, 0.3) is 5.91 Å². The van der Waals surface area contributed by atoms with Crippen LogP contribution >= 0.6 is 0 Å². The highest BCUT2D eigenvalue weighted by molar-refractivity contribution is 5.95. The molecule has 2 N–H and O–H groups in total. The monoisotopic (exact) mass is 287 g/mol. The van der Waals surface area contributed by atoms with Gasteiger partial charge in [0.1, 0.15) is 0 Å². The fourth-order valence-electron chi connectivity index (χ4n) is 2.09. The highest BCUT2D eigenvalue weighted by Gasteiger charge is 2.14. The fourth-order valence-corrected chi connectivity index (χ4v) is 2.09. The average molecular weight is 287 g/mol. The average Bonchev–Trinajstić information content (AvgIpc) is 2.49. The number of nitrogens with zero attached hydrogens (tertiary/aromatic N) is 1. The van der Waals surface area contributed by atoms with Crippen LogP contribution in [0.4, 0.5) is 10.2 Å². The van der Waals surface area contributed by atoms with Crippen molar-refractivity contribution in [1.29, 1.82) is 0 Å². The molecule has 0 spiro atoms. The van der Waals surface area contributed by atoms with E-state index < -0.39 is 11.7 Å². The number of benzene rings is 1. The van der Waals surface area contributed by atoms with Gasteiger partial charge in [0.05, 0.1) is 5.56 Å². The Morgan fingerprint density at radius 2 is 2.05 bits per heavy atom. The molecule has 0 unspecified atom stereocenters. The zero-order valence-electron chi connectivity index (χ0n) is 12.1. The lowest BCUT2D eigenvalue weighted by Gasteiger charge is -2.09. The topological polar surface area (TPSA) is 54.0 Å². The maximum atomic E-state index is 14.0. The Labute approximate surface area is 123 Å². The van der Waals surface area contributed by atoms with Crippen molar-refractivity contribution in [2.75, 3.05) is 18.9 Å². The van der Waals surface area contributed by atoms with E-state index in [1.165, 1.54) is 23.4 Å². The molecule has 0 saturated heterocycles. The maximum Gasteiger partial charge on any atom is 0.254 e. The molecule has 2 rings (SSSR count). The third-order valence-corrected chi connectivity index (χ3v) is 3.31. The van der Waals surface area contributed by atoms with Crippen LogP contribution in [0.3, 0.4) is 0 Å². The molecule has 1 amide bonds. The Kier molecular flexibility index (Phi) is 4.87. The molecule has 110 valence electrons. The summed E-state index contributed by atoms with van der Waals surface area (Å²) < 4.78 is 14.0. The van der Waals surface area contributed by atoms with E-state index in [2.05, 4.69) is 15.6 Å². The minimum atomic E-state index is -0.631. The van der Waals surface area contributed by atoms with Gasteiger partial charge in [-0.05, 0) is 30.5 Å². The summed E-state index contributed by atoms with van der Waals surface area (Å²) in [7, 11) is 1.56. The summed E-state index contributed by atoms with van der Waals surface area (Å²) in [6.07, 6.45) is 2.12. The zero-order chi connectivity index (χ0) is 15.2. The molecular formula is C16H18FN3O. The third kappa shape index (κ3) is 3.56. The van der Waals surface area contributed by atoms with Gasteiger partial charge in [-0.3, -0.25) is 4.79 Å². The van der Waals surface area contributed by atoms with Crippen LogP contribution in [0.5, 0.6) is 0 Å². The normalized spacial score (nSPS) is 10.2. The Bertz CT molecular complexity index is 643. The first-order chi connectivity index (χ1) is 10.1. The van der Waals surface area contributed by atoms with Crippen LogP contribution in [0.15, 0.2) is 36.5 Å². The standard InChI is InChI=1S/C16H18FN3O/c1-11-5-3-4-6-12(11)7-9-20-16(21)13-8-10-19-15(18-2)14(13)17/h3-6,8,10H,7,9H2,1-2H3,(H,18,19)(H,20,21). The van der Waals surface area contributed by atoms with Crippen LogP contribution in [0, 0.1) is 12.7 Å². The third-order valence-electron chi connectivity index (χ3n) is 3.31. The fraction of sp³-hybridized carbons (Fsp3) is 0.250. The summed E-state index contributed by atoms with van der Waals surface area (Å²) in [4.78, 5) is 15.8. The summed E-state index contributed by atoms with van der Waals surface area (Å²) >= 11 is 0. The molecule has 4 nitrogen and oxygen atoms in total. The van der Waals surface area contributed by atoms with Gasteiger partial charge >= 0.3 is 0 Å². The van der Waals surface area contributed by atoms with Crippen LogP contribution in [0.2, 0.25) is 0 Å². The first-order valence-electron chi connectivity index (χ1n) is 6.78. The molecular weight excluding hydrogens is 269 g/mol. The number of pyridine rings is 1. The van der Waals surface area contributed by atoms with Crippen molar-refractivity contribution in [2.45, 2.75) is 13.3 Å². The van der Waals surface area contributed by atoms with Crippen molar-refractivity contribution in [1.82, 2.24) is 10.3 Å². The summed E-state index contributed by atoms with van der Waals surface area (Å²) in [6.45, 7) is 2.49. The minimum absolute atomic E-state index is 0.000802. The number of hydrogen-bond donors (Lipinski definition) is 2. The van der Waals surface area contributed by atoms with Gasteiger partial charge in [-0.25, -0.2) is 9.37 Å². The van der Waals surface area contributed by atoms with Crippen LogP contribution in [-0.2, 0) is 6.42 Å². The summed E-state index contributed by atoms with van der Waals surface area (Å²) in [5, 5.41) is 5.35. The summed E-state index contributed by atoms with van der Waals surface area (Å²) in [5.41, 5.74) is 2.35. The quantitative estimate of drug-likeness (QED) is 0.888. The number of carbonyl (C=O) groups is 1. The number of aromatic nitrogens is 1. The van der Waals surface area contributed by atoms with Crippen molar-refractivity contribution in [3.05, 3.63) is 59.0 Å². The Balaban J connectivity index is 1.98. The van der Waals surface area contributed by atoms with Crippen molar-refractivity contribution in [3.63, 3.8) is 0 Å². The van der Waals surface area contributed by atoms with E-state index in [9.17, 15) is 9.18 Å². The lowest BCUT2D eigenvalue weighted by molar-refractivity contribution is 0.0950. The first-order valence-corrected chi connectivity index (χ1v) is 6.78. The smallest absolute Gasteiger partial charge is 0.254 e. The second kappa shape index (κ2) is 6.83. The lowest BCUT2D eigenvalue weighted by atomic mass is 10.1. The number of hydrogen-bond acceptors (Lipinski definition) is 3. The predicted octanol–water partition coefficient (Wildman–Crippen LogP) is 2.54. The van der Waals surface area contributed by atoms with Crippen molar-refractivity contribution in [2.24, 2.45) is 0 Å². The highest BCUT2D eigenvalue weighted by Crippen LogP contribution is 2.14. The number of aryl methyl sites for hydroxylation is 1. The van der Waals surface area contributed by atoms with Gasteiger partial charge in [-0.1, -0.05) is 24.3 Å². The molecule has 1 aromatic heterocycles. The number of rotatable bonds is 5. The van der Waals surface area contributed by atoms with Gasteiger partial charge in [0.15, 0.2) is 11.6 Å². The van der Waals surface area contributed by atoms with E-state index in [0.29, 0.717) is 13.0 Å². The number of halogens is 1. The van der Waals surface area contributed by atoms with Gasteiger partial charge < -0.3 is 10.6 Å². The molecule has 1 aromatic carbocycles. The molecule has 0 fully saturated rings. The number of carbonyl (C=O) groups excluding carboxylic acids is 1. The van der Waals surface area contributed by atoms with Crippen molar-refractivity contribution < 1.29 is 9.18 Å². The lowest BCUT2D eigenvalue weighted by Crippen LogP contribution is -2.27. The minimum Gasteiger partial charge on any atom is -0.371 e. The number of amides is 1. The van der Waals surface area contributed by atoms with Gasteiger partial charge in [0.2, 0.25) is 0 Å². The largest absolute Gasteiger partial charge is 0.371 e. The van der Waals surface area contributed by atoms with E-state index in [0.717, 1.165) is 0 Å². The predicted molar refractivity (Wildman–Crippen MR) is 81.0 cm³/mol. The molecule has 2 aromatic rings. The van der Waals surface area contributed by atoms with E-state index >= 15 is 0 Å². The molecule has 0 atom stereocenters. The first kappa shape index (κ1) is 15.0. The van der Waals surface area contributed by atoms with E-state index in [-0.39, 0.29) is 11.4 Å². The van der Waals surface area contributed by atoms with Gasteiger partial charge in [-0.2, -0.15) is 0 Å². The molecule has 0 bridgehead atoms. The Morgan fingerprint density at radius 3 is 2.76 bits per heavy atom. The maximum absolute atomic E-state index is 14.0. The Morgan fingerprint density at radius 1 is 1.29 bits per heavy atom. The van der Waals surface area contributed by atoms with Gasteiger partial charge in [0, 0.05) is 19.8 Å². The molecule has 1 heterocycles. The van der Waals surface area contributed by atoms with Crippen LogP contribution in [-0.4, -0.2) is 24.5 Å². The summed E-state index contributed by atoms with van der Waals surface area (Å²) in [6, 6.07) is 9.36. The molecule has 0 saturated carbocycles. The molecule has 5 heteroatoms. The molecule has 0 aliphatic heterocycles. The van der Waals surface area contributed by atoms with Crippen LogP contribution < -0.4 is 10.6 Å². The Hall–Kier alpha value is -2.43. The van der Waals surface area contributed by atoms with E-state index in [4.69, 9.17) is 0 Å². The van der Waals surface area contributed by atoms with Crippen LogP contribution in [0.25, 0.3) is 0 Å². The van der Waals surface area contributed by atoms with Crippen molar-refractivity contribution in [3.8, 4) is 0 Å². The van der Waals surface area contributed by atoms with E-state index in [1.807, 2.05) is 31.2 Å². The molecule has 0 aliphatic rings.